The summed E-state index contributed by atoms with van der Waals surface area (Å²) < 4.78 is 28.5. The molecular weight excluding hydrogens is 284 g/mol. The Balaban J connectivity index is 1.94. The lowest BCUT2D eigenvalue weighted by Crippen LogP contribution is -2.40. The number of halogens is 1. The second-order valence-corrected chi connectivity index (χ2v) is 6.96. The molecule has 4 nitrogen and oxygen atoms in total. The van der Waals surface area contributed by atoms with Crippen molar-refractivity contribution in [3.8, 4) is 0 Å². The van der Waals surface area contributed by atoms with Crippen molar-refractivity contribution in [2.45, 2.75) is 32.2 Å². The van der Waals surface area contributed by atoms with E-state index in [1.807, 2.05) is 12.1 Å². The van der Waals surface area contributed by atoms with E-state index in [4.69, 9.17) is 11.6 Å². The van der Waals surface area contributed by atoms with Crippen LogP contribution in [0.3, 0.4) is 0 Å². The van der Waals surface area contributed by atoms with Gasteiger partial charge in [-0.05, 0) is 30.5 Å². The highest BCUT2D eigenvalue weighted by Crippen LogP contribution is 2.13. The molecule has 1 N–H and O–H groups in total. The van der Waals surface area contributed by atoms with Crippen molar-refractivity contribution in [3.05, 3.63) is 34.9 Å². The first-order valence-corrected chi connectivity index (χ1v) is 8.39. The van der Waals surface area contributed by atoms with Gasteiger partial charge in [-0.3, -0.25) is 0 Å². The predicted molar refractivity (Wildman–Crippen MR) is 77.3 cm³/mol. The molecule has 1 heterocycles. The van der Waals surface area contributed by atoms with Gasteiger partial charge in [-0.2, -0.15) is 17.4 Å². The molecule has 1 aliphatic rings. The topological polar surface area (TPSA) is 49.4 Å². The summed E-state index contributed by atoms with van der Waals surface area (Å²) in [4.78, 5) is 0. The molecule has 0 aromatic heterocycles. The van der Waals surface area contributed by atoms with Crippen molar-refractivity contribution < 1.29 is 8.42 Å². The molecule has 2 rings (SSSR count). The molecule has 0 aliphatic carbocycles. The number of hydrogen-bond donors (Lipinski definition) is 1. The Kier molecular flexibility index (Phi) is 5.21. The summed E-state index contributed by atoms with van der Waals surface area (Å²) in [5, 5.41) is 0.652. The van der Waals surface area contributed by atoms with Gasteiger partial charge < -0.3 is 0 Å². The molecule has 0 amide bonds. The molecule has 1 fully saturated rings. The van der Waals surface area contributed by atoms with E-state index in [-0.39, 0.29) is 0 Å². The average Bonchev–Trinajstić information content (AvgIpc) is 2.67. The molecule has 0 bridgehead atoms. The van der Waals surface area contributed by atoms with Crippen LogP contribution in [0.2, 0.25) is 5.02 Å². The van der Waals surface area contributed by atoms with E-state index >= 15 is 0 Å². The van der Waals surface area contributed by atoms with Crippen molar-refractivity contribution in [2.24, 2.45) is 0 Å². The van der Waals surface area contributed by atoms with E-state index in [1.165, 1.54) is 0 Å². The fraction of sp³-hybridized carbons (Fsp3) is 0.538. The summed E-state index contributed by atoms with van der Waals surface area (Å²) >= 11 is 5.79. The normalized spacial score (nSPS) is 18.2. The molecule has 1 aromatic rings. The maximum absolute atomic E-state index is 12.2. The van der Waals surface area contributed by atoms with Crippen LogP contribution in [0, 0.1) is 0 Å². The number of nitrogens with zero attached hydrogens (tertiary/aromatic N) is 1. The Morgan fingerprint density at radius 2 is 1.63 bits per heavy atom. The third-order valence-electron chi connectivity index (χ3n) is 3.28. The van der Waals surface area contributed by atoms with Gasteiger partial charge in [-0.25, -0.2) is 0 Å². The minimum absolute atomic E-state index is 0.302. The summed E-state index contributed by atoms with van der Waals surface area (Å²) in [5.41, 5.74) is 0.905. The monoisotopic (exact) mass is 302 g/mol. The number of nitrogens with one attached hydrogen (secondary N) is 1. The minimum Gasteiger partial charge on any atom is -0.198 e. The van der Waals surface area contributed by atoms with Gasteiger partial charge in [0, 0.05) is 24.7 Å². The second kappa shape index (κ2) is 6.70. The minimum atomic E-state index is -3.36. The van der Waals surface area contributed by atoms with Crippen LogP contribution in [0.1, 0.15) is 31.2 Å². The highest BCUT2D eigenvalue weighted by Gasteiger charge is 2.22. The molecule has 0 unspecified atom stereocenters. The standard InChI is InChI=1S/C13H19ClN2O2S/c14-13-7-5-12(6-8-13)11-15-19(17,18)16-9-3-1-2-4-10-16/h5-8,15H,1-4,9-11H2. The maximum Gasteiger partial charge on any atom is 0.279 e. The summed E-state index contributed by atoms with van der Waals surface area (Å²) in [6, 6.07) is 7.18. The van der Waals surface area contributed by atoms with Crippen LogP contribution in [-0.4, -0.2) is 25.8 Å². The zero-order valence-corrected chi connectivity index (χ0v) is 12.4. The second-order valence-electron chi connectivity index (χ2n) is 4.77. The molecule has 19 heavy (non-hydrogen) atoms. The number of hydrogen-bond acceptors (Lipinski definition) is 2. The predicted octanol–water partition coefficient (Wildman–Crippen LogP) is 2.55. The molecule has 0 radical (unpaired) electrons. The Bertz CT molecular complexity index is 494. The Morgan fingerprint density at radius 1 is 1.05 bits per heavy atom. The number of benzene rings is 1. The molecule has 6 heteroatoms. The first-order valence-electron chi connectivity index (χ1n) is 6.57. The fourth-order valence-electron chi connectivity index (χ4n) is 2.15. The summed E-state index contributed by atoms with van der Waals surface area (Å²) in [6.45, 7) is 1.54. The molecule has 106 valence electrons. The lowest BCUT2D eigenvalue weighted by molar-refractivity contribution is 0.414. The zero-order chi connectivity index (χ0) is 13.7. The van der Waals surface area contributed by atoms with Gasteiger partial charge in [0.05, 0.1) is 0 Å². The SMILES string of the molecule is O=S(=O)(NCc1ccc(Cl)cc1)N1CCCCCC1. The van der Waals surface area contributed by atoms with E-state index in [0.29, 0.717) is 24.7 Å². The molecule has 0 saturated carbocycles. The van der Waals surface area contributed by atoms with Gasteiger partial charge in [0.15, 0.2) is 0 Å². The molecule has 1 saturated heterocycles. The van der Waals surface area contributed by atoms with E-state index < -0.39 is 10.2 Å². The van der Waals surface area contributed by atoms with E-state index in [9.17, 15) is 8.42 Å². The highest BCUT2D eigenvalue weighted by molar-refractivity contribution is 7.87. The van der Waals surface area contributed by atoms with Crippen LogP contribution in [-0.2, 0) is 16.8 Å². The lowest BCUT2D eigenvalue weighted by atomic mass is 10.2. The lowest BCUT2D eigenvalue weighted by Gasteiger charge is -2.20. The smallest absolute Gasteiger partial charge is 0.198 e. The van der Waals surface area contributed by atoms with Crippen LogP contribution in [0.15, 0.2) is 24.3 Å². The van der Waals surface area contributed by atoms with Gasteiger partial charge in [-0.15, -0.1) is 0 Å². The molecular formula is C13H19ClN2O2S. The third-order valence-corrected chi connectivity index (χ3v) is 5.08. The molecule has 1 aromatic carbocycles. The molecule has 0 atom stereocenters. The largest absolute Gasteiger partial charge is 0.279 e. The fourth-order valence-corrected chi connectivity index (χ4v) is 3.55. The van der Waals surface area contributed by atoms with Gasteiger partial charge in [0.25, 0.3) is 10.2 Å². The van der Waals surface area contributed by atoms with E-state index in [0.717, 1.165) is 31.2 Å². The van der Waals surface area contributed by atoms with Crippen molar-refractivity contribution in [1.29, 1.82) is 0 Å². The first kappa shape index (κ1) is 14.8. The number of rotatable bonds is 4. The van der Waals surface area contributed by atoms with Gasteiger partial charge >= 0.3 is 0 Å². The summed E-state index contributed by atoms with van der Waals surface area (Å²) in [5.74, 6) is 0. The Labute approximate surface area is 119 Å². The van der Waals surface area contributed by atoms with E-state index in [2.05, 4.69) is 4.72 Å². The van der Waals surface area contributed by atoms with Crippen LogP contribution in [0.5, 0.6) is 0 Å². The van der Waals surface area contributed by atoms with Crippen molar-refractivity contribution >= 4 is 21.8 Å². The van der Waals surface area contributed by atoms with Crippen LogP contribution in [0.4, 0.5) is 0 Å². The Morgan fingerprint density at radius 3 is 2.21 bits per heavy atom. The first-order chi connectivity index (χ1) is 9.08. The quantitative estimate of drug-likeness (QED) is 0.929. The zero-order valence-electron chi connectivity index (χ0n) is 10.8. The van der Waals surface area contributed by atoms with Crippen molar-refractivity contribution in [3.63, 3.8) is 0 Å². The average molecular weight is 303 g/mol. The van der Waals surface area contributed by atoms with Crippen LogP contribution >= 0.6 is 11.6 Å². The maximum atomic E-state index is 12.2. The third kappa shape index (κ3) is 4.45. The molecule has 1 aliphatic heterocycles. The highest BCUT2D eigenvalue weighted by atomic mass is 35.5. The Hall–Kier alpha value is -0.620. The molecule has 0 spiro atoms. The van der Waals surface area contributed by atoms with Crippen molar-refractivity contribution in [1.82, 2.24) is 9.03 Å². The van der Waals surface area contributed by atoms with Gasteiger partial charge in [0.1, 0.15) is 0 Å². The van der Waals surface area contributed by atoms with Crippen molar-refractivity contribution in [2.75, 3.05) is 13.1 Å². The van der Waals surface area contributed by atoms with Gasteiger partial charge in [-0.1, -0.05) is 36.6 Å². The van der Waals surface area contributed by atoms with E-state index in [1.54, 1.807) is 16.4 Å². The summed E-state index contributed by atoms with van der Waals surface area (Å²) in [7, 11) is -3.36. The van der Waals surface area contributed by atoms with Crippen LogP contribution in [0.25, 0.3) is 0 Å². The van der Waals surface area contributed by atoms with Gasteiger partial charge in [0.2, 0.25) is 0 Å². The summed E-state index contributed by atoms with van der Waals surface area (Å²) in [6.07, 6.45) is 4.12. The van der Waals surface area contributed by atoms with Crippen LogP contribution < -0.4 is 4.72 Å².